The Morgan fingerprint density at radius 2 is 0.778 bits per heavy atom. The summed E-state index contributed by atoms with van der Waals surface area (Å²) in [6, 6.07) is 0. The molecule has 27 heavy (non-hydrogen) atoms. The van der Waals surface area contributed by atoms with E-state index in [4.69, 9.17) is 35.0 Å². The maximum absolute atomic E-state index is 8.74. The zero-order chi connectivity index (χ0) is 18.1. The molecule has 0 radical (unpaired) electrons. The van der Waals surface area contributed by atoms with Crippen LogP contribution < -0.4 is 54.2 Å². The maximum atomic E-state index is 8.74. The van der Waals surface area contributed by atoms with Crippen molar-refractivity contribution >= 4 is 20.8 Å². The third-order valence-electron chi connectivity index (χ3n) is 2.35. The van der Waals surface area contributed by atoms with E-state index in [9.17, 15) is 0 Å². The first-order valence-electron chi connectivity index (χ1n) is 7.10. The Labute approximate surface area is 187 Å². The molecule has 170 valence electrons. The van der Waals surface area contributed by atoms with Gasteiger partial charge in [-0.2, -0.15) is 23.3 Å². The first-order chi connectivity index (χ1) is 9.91. The van der Waals surface area contributed by atoms with Gasteiger partial charge < -0.3 is 31.5 Å². The van der Waals surface area contributed by atoms with E-state index in [0.29, 0.717) is 0 Å². The predicted molar refractivity (Wildman–Crippen MR) is 106 cm³/mol. The molecule has 0 fully saturated rings. The molecule has 0 aliphatic carbocycles. The van der Waals surface area contributed by atoms with Crippen molar-refractivity contribution in [3.8, 4) is 0 Å². The molecule has 0 aromatic heterocycles. The fourth-order valence-electron chi connectivity index (χ4n) is 1.49. The molecule has 15 heteroatoms. The van der Waals surface area contributed by atoms with Crippen LogP contribution in [0.3, 0.4) is 0 Å². The molecule has 16 N–H and O–H groups in total. The maximum Gasteiger partial charge on any atom is 1.00 e. The monoisotopic (exact) mass is 456 g/mol. The van der Waals surface area contributed by atoms with Gasteiger partial charge in [-0.3, -0.25) is 18.2 Å². The van der Waals surface area contributed by atoms with E-state index in [-0.39, 0.29) is 54.2 Å². The first kappa shape index (κ1) is 50.8. The Hall–Kier alpha value is 0.580. The first-order valence-corrected chi connectivity index (χ1v) is 9.90. The van der Waals surface area contributed by atoms with Crippen molar-refractivity contribution in [3.05, 3.63) is 6.92 Å². The van der Waals surface area contributed by atoms with Gasteiger partial charge in [0, 0.05) is 0 Å². The second-order valence-electron chi connectivity index (χ2n) is 4.58. The van der Waals surface area contributed by atoms with Crippen LogP contribution in [-0.4, -0.2) is 35.0 Å². The summed E-state index contributed by atoms with van der Waals surface area (Å²) in [4.78, 5) is 0. The molecular formula is C12H41N4NaO8S2. The van der Waals surface area contributed by atoms with Crippen LogP contribution in [0.2, 0.25) is 0 Å². The Morgan fingerprint density at radius 3 is 0.963 bits per heavy atom. The van der Waals surface area contributed by atoms with Crippen LogP contribution in [0, 0.1) is 6.92 Å². The summed E-state index contributed by atoms with van der Waals surface area (Å²) < 4.78 is 63.2. The van der Waals surface area contributed by atoms with Gasteiger partial charge >= 0.3 is 50.4 Å². The minimum Gasteiger partial charge on any atom is -0.344 e. The zero-order valence-corrected chi connectivity index (χ0v) is 20.5. The van der Waals surface area contributed by atoms with E-state index >= 15 is 0 Å². The summed E-state index contributed by atoms with van der Waals surface area (Å²) in [5, 5.41) is 0. The van der Waals surface area contributed by atoms with Crippen LogP contribution >= 0.6 is 0 Å². The normalized spacial score (nSPS) is 8.96. The Morgan fingerprint density at radius 1 is 0.593 bits per heavy atom. The van der Waals surface area contributed by atoms with Crippen molar-refractivity contribution in [1.82, 2.24) is 24.6 Å². The van der Waals surface area contributed by atoms with E-state index in [1.165, 1.54) is 57.8 Å². The van der Waals surface area contributed by atoms with Gasteiger partial charge in [-0.15, -0.1) is 0 Å². The molecule has 0 saturated heterocycles. The van der Waals surface area contributed by atoms with Crippen LogP contribution in [0.25, 0.3) is 0 Å². The summed E-state index contributed by atoms with van der Waals surface area (Å²) >= 11 is 0. The topological polar surface area (TPSA) is 289 Å². The van der Waals surface area contributed by atoms with Gasteiger partial charge in [-0.1, -0.05) is 64.7 Å². The Kier molecular flexibility index (Phi) is 64.2. The standard InChI is InChI=1S/C12H25.4H3N.Na.2H2O4S/c1-3-5-7-9-11-12-10-8-6-4-2;;;;;;2*1-5(2,3)4/h1,3-12H2,2H3;4*1H3;;2*(H2,1,2,3,4)/q-1;;;;;+1;;. The predicted octanol–water partition coefficient (Wildman–Crippen LogP) is 1.09. The van der Waals surface area contributed by atoms with Crippen LogP contribution in [0.4, 0.5) is 0 Å². The van der Waals surface area contributed by atoms with Gasteiger partial charge in [-0.05, 0) is 0 Å². The Balaban J connectivity index is -0.0000000347. The molecule has 0 aliphatic heterocycles. The largest absolute Gasteiger partial charge is 1.00 e. The van der Waals surface area contributed by atoms with Gasteiger partial charge in [0.1, 0.15) is 0 Å². The van der Waals surface area contributed by atoms with Gasteiger partial charge in [0.05, 0.1) is 0 Å². The summed E-state index contributed by atoms with van der Waals surface area (Å²) in [6.07, 6.45) is 13.9. The number of rotatable bonds is 9. The van der Waals surface area contributed by atoms with Crippen molar-refractivity contribution < 1.29 is 64.6 Å². The summed E-state index contributed by atoms with van der Waals surface area (Å²) in [6.45, 7) is 6.12. The van der Waals surface area contributed by atoms with Gasteiger partial charge in [0.25, 0.3) is 0 Å². The second kappa shape index (κ2) is 34.1. The minimum absolute atomic E-state index is 0. The van der Waals surface area contributed by atoms with Crippen molar-refractivity contribution in [1.29, 1.82) is 0 Å². The van der Waals surface area contributed by atoms with E-state index in [0.717, 1.165) is 6.42 Å². The quantitative estimate of drug-likeness (QED) is 0.105. The second-order valence-corrected chi connectivity index (χ2v) is 6.37. The third kappa shape index (κ3) is 175. The molecule has 0 heterocycles. The summed E-state index contributed by atoms with van der Waals surface area (Å²) in [5.41, 5.74) is 0. The van der Waals surface area contributed by atoms with E-state index in [1.807, 2.05) is 0 Å². The van der Waals surface area contributed by atoms with Crippen LogP contribution in [0.5, 0.6) is 0 Å². The molecule has 0 aliphatic rings. The smallest absolute Gasteiger partial charge is 0.344 e. The van der Waals surface area contributed by atoms with E-state index in [2.05, 4.69) is 13.8 Å². The fourth-order valence-corrected chi connectivity index (χ4v) is 1.49. The van der Waals surface area contributed by atoms with Crippen molar-refractivity contribution in [3.63, 3.8) is 0 Å². The molecule has 0 spiro atoms. The fraction of sp³-hybridized carbons (Fsp3) is 0.917. The molecule has 0 aromatic rings. The molecular weight excluding hydrogens is 415 g/mol. The number of hydrogen-bond acceptors (Lipinski definition) is 8. The van der Waals surface area contributed by atoms with E-state index < -0.39 is 20.8 Å². The molecule has 0 bridgehead atoms. The van der Waals surface area contributed by atoms with E-state index in [1.54, 1.807) is 0 Å². The van der Waals surface area contributed by atoms with Crippen LogP contribution in [-0.2, 0) is 20.8 Å². The summed E-state index contributed by atoms with van der Waals surface area (Å²) in [7, 11) is -9.33. The molecule has 12 nitrogen and oxygen atoms in total. The van der Waals surface area contributed by atoms with Crippen molar-refractivity contribution in [2.45, 2.75) is 71.1 Å². The minimum atomic E-state index is -4.67. The number of unbranched alkanes of at least 4 members (excludes halogenated alkanes) is 9. The Bertz CT molecular complexity index is 369. The molecule has 0 saturated carbocycles. The average molecular weight is 457 g/mol. The number of hydrogen-bond donors (Lipinski definition) is 8. The summed E-state index contributed by atoms with van der Waals surface area (Å²) in [5.74, 6) is 0. The van der Waals surface area contributed by atoms with Crippen molar-refractivity contribution in [2.75, 3.05) is 0 Å². The molecule has 0 aromatic carbocycles. The van der Waals surface area contributed by atoms with Gasteiger partial charge in [0.2, 0.25) is 0 Å². The van der Waals surface area contributed by atoms with Crippen LogP contribution in [0.15, 0.2) is 0 Å². The SMILES string of the molecule is N.N.N.N.O=S(=O)(O)O.O=S(=O)(O)O.[CH2-]CCCCCCCCCCC.[Na+]. The van der Waals surface area contributed by atoms with Crippen molar-refractivity contribution in [2.24, 2.45) is 0 Å². The molecule has 0 rings (SSSR count). The molecule has 0 atom stereocenters. The third-order valence-corrected chi connectivity index (χ3v) is 2.35. The molecule has 0 unspecified atom stereocenters. The van der Waals surface area contributed by atoms with Gasteiger partial charge in [0.15, 0.2) is 0 Å². The van der Waals surface area contributed by atoms with Crippen LogP contribution in [0.1, 0.15) is 71.1 Å². The zero-order valence-electron chi connectivity index (χ0n) is 16.8. The van der Waals surface area contributed by atoms with Gasteiger partial charge in [-0.25, -0.2) is 0 Å². The molecule has 0 amide bonds. The average Bonchev–Trinajstić information content (AvgIpc) is 2.28.